The fourth-order valence-electron chi connectivity index (χ4n) is 3.00. The zero-order valence-corrected chi connectivity index (χ0v) is 13.7. The molecule has 1 heteroatoms. The molecule has 18 heavy (non-hydrogen) atoms. The summed E-state index contributed by atoms with van der Waals surface area (Å²) in [7, 11) is 4.44. The molecule has 0 amide bonds. The van der Waals surface area contributed by atoms with E-state index in [1.54, 1.807) is 0 Å². The Morgan fingerprint density at radius 3 is 1.50 bits per heavy atom. The van der Waals surface area contributed by atoms with Crippen LogP contribution in [-0.4, -0.2) is 25.5 Å². The van der Waals surface area contributed by atoms with E-state index in [1.165, 1.54) is 70.8 Å². The molecule has 0 aromatic rings. The van der Waals surface area contributed by atoms with E-state index in [4.69, 9.17) is 0 Å². The molecule has 0 aliphatic heterocycles. The first-order valence-corrected chi connectivity index (χ1v) is 8.19. The van der Waals surface area contributed by atoms with Gasteiger partial charge in [-0.2, -0.15) is 0 Å². The second kappa shape index (κ2) is 10.8. The van der Waals surface area contributed by atoms with E-state index in [9.17, 15) is 0 Å². The van der Waals surface area contributed by atoms with Gasteiger partial charge in [-0.1, -0.05) is 72.1 Å². The van der Waals surface area contributed by atoms with E-state index in [0.29, 0.717) is 5.41 Å². The summed E-state index contributed by atoms with van der Waals surface area (Å²) in [6, 6.07) is 0. The number of nitrogens with zero attached hydrogens (tertiary/aromatic N) is 1. The van der Waals surface area contributed by atoms with Gasteiger partial charge in [0.05, 0.1) is 0 Å². The van der Waals surface area contributed by atoms with Crippen LogP contribution in [0, 0.1) is 5.41 Å². The highest BCUT2D eigenvalue weighted by atomic mass is 15.1. The highest BCUT2D eigenvalue weighted by Gasteiger charge is 2.23. The summed E-state index contributed by atoms with van der Waals surface area (Å²) in [5.41, 5.74) is 0.547. The first kappa shape index (κ1) is 18.0. The normalized spacial score (nSPS) is 12.3. The largest absolute Gasteiger partial charge is 0.309 e. The van der Waals surface area contributed by atoms with Gasteiger partial charge in [-0.3, -0.25) is 0 Å². The summed E-state index contributed by atoms with van der Waals surface area (Å²) in [6.07, 6.45) is 14.0. The minimum absolute atomic E-state index is 0.547. The smallest absolute Gasteiger partial charge is 0.00292 e. The number of hydrogen-bond donors (Lipinski definition) is 0. The van der Waals surface area contributed by atoms with Gasteiger partial charge in [-0.05, 0) is 32.4 Å². The summed E-state index contributed by atoms with van der Waals surface area (Å²) in [5.74, 6) is 0. The van der Waals surface area contributed by atoms with Crippen LogP contribution >= 0.6 is 0 Å². The molecule has 1 nitrogen and oxygen atoms in total. The Kier molecular flexibility index (Phi) is 10.8. The molecule has 0 saturated carbocycles. The van der Waals surface area contributed by atoms with Gasteiger partial charge >= 0.3 is 0 Å². The van der Waals surface area contributed by atoms with Gasteiger partial charge in [-0.15, -0.1) is 0 Å². The van der Waals surface area contributed by atoms with Gasteiger partial charge in [0.25, 0.3) is 0 Å². The van der Waals surface area contributed by atoms with Gasteiger partial charge in [0.1, 0.15) is 0 Å². The van der Waals surface area contributed by atoms with Crippen LogP contribution in [-0.2, 0) is 0 Å². The van der Waals surface area contributed by atoms with Gasteiger partial charge in [0.2, 0.25) is 0 Å². The Morgan fingerprint density at radius 2 is 1.17 bits per heavy atom. The summed E-state index contributed by atoms with van der Waals surface area (Å²) >= 11 is 0. The van der Waals surface area contributed by atoms with Gasteiger partial charge in [0, 0.05) is 6.54 Å². The Labute approximate surface area is 116 Å². The maximum Gasteiger partial charge on any atom is 0.00292 e. The SMILES string of the molecule is CCCCCCC(C)(CCCCCC)CN(C)C. The summed E-state index contributed by atoms with van der Waals surface area (Å²) in [5, 5.41) is 0. The fraction of sp³-hybridized carbons (Fsp3) is 1.00. The quantitative estimate of drug-likeness (QED) is 0.416. The van der Waals surface area contributed by atoms with E-state index in [2.05, 4.69) is 39.8 Å². The summed E-state index contributed by atoms with van der Waals surface area (Å²) in [6.45, 7) is 8.35. The van der Waals surface area contributed by atoms with Gasteiger partial charge in [0.15, 0.2) is 0 Å². The van der Waals surface area contributed by atoms with E-state index in [-0.39, 0.29) is 0 Å². The molecular formula is C17H37N. The van der Waals surface area contributed by atoms with Crippen LogP contribution < -0.4 is 0 Å². The van der Waals surface area contributed by atoms with Crippen molar-refractivity contribution in [2.45, 2.75) is 85.0 Å². The van der Waals surface area contributed by atoms with E-state index >= 15 is 0 Å². The molecule has 0 unspecified atom stereocenters. The van der Waals surface area contributed by atoms with Crippen molar-refractivity contribution >= 4 is 0 Å². The lowest BCUT2D eigenvalue weighted by atomic mass is 9.79. The molecule has 0 rings (SSSR count). The molecular weight excluding hydrogens is 218 g/mol. The number of unbranched alkanes of at least 4 members (excludes halogenated alkanes) is 6. The molecule has 0 radical (unpaired) electrons. The van der Waals surface area contributed by atoms with Crippen LogP contribution in [0.1, 0.15) is 85.0 Å². The first-order valence-electron chi connectivity index (χ1n) is 8.19. The predicted molar refractivity (Wildman–Crippen MR) is 84.2 cm³/mol. The molecule has 0 atom stereocenters. The minimum Gasteiger partial charge on any atom is -0.309 e. The van der Waals surface area contributed by atoms with Crippen LogP contribution in [0.25, 0.3) is 0 Å². The van der Waals surface area contributed by atoms with Crippen LogP contribution in [0.15, 0.2) is 0 Å². The second-order valence-electron chi connectivity index (χ2n) is 6.67. The highest BCUT2D eigenvalue weighted by Crippen LogP contribution is 2.31. The molecule has 0 saturated heterocycles. The average molecular weight is 255 g/mol. The van der Waals surface area contributed by atoms with Crippen molar-refractivity contribution in [1.29, 1.82) is 0 Å². The zero-order chi connectivity index (χ0) is 13.9. The Balaban J connectivity index is 3.99. The van der Waals surface area contributed by atoms with E-state index in [0.717, 1.165) is 0 Å². The van der Waals surface area contributed by atoms with Crippen molar-refractivity contribution in [3.63, 3.8) is 0 Å². The molecule has 0 fully saturated rings. The molecule has 0 aliphatic carbocycles. The Morgan fingerprint density at radius 1 is 0.722 bits per heavy atom. The molecule has 0 spiro atoms. The molecule has 0 aromatic carbocycles. The zero-order valence-electron chi connectivity index (χ0n) is 13.7. The van der Waals surface area contributed by atoms with Crippen LogP contribution in [0.4, 0.5) is 0 Å². The average Bonchev–Trinajstić information content (AvgIpc) is 2.30. The molecule has 0 heterocycles. The lowest BCUT2D eigenvalue weighted by Gasteiger charge is -2.33. The molecule has 110 valence electrons. The minimum atomic E-state index is 0.547. The Bertz CT molecular complexity index is 162. The van der Waals surface area contributed by atoms with Crippen molar-refractivity contribution in [1.82, 2.24) is 4.90 Å². The summed E-state index contributed by atoms with van der Waals surface area (Å²) < 4.78 is 0. The lowest BCUT2D eigenvalue weighted by molar-refractivity contribution is 0.178. The van der Waals surface area contributed by atoms with E-state index < -0.39 is 0 Å². The van der Waals surface area contributed by atoms with Crippen molar-refractivity contribution in [2.24, 2.45) is 5.41 Å². The van der Waals surface area contributed by atoms with Crippen LogP contribution in [0.2, 0.25) is 0 Å². The maximum atomic E-state index is 2.50. The molecule has 0 N–H and O–H groups in total. The number of rotatable bonds is 12. The van der Waals surface area contributed by atoms with Gasteiger partial charge < -0.3 is 4.90 Å². The topological polar surface area (TPSA) is 3.24 Å². The highest BCUT2D eigenvalue weighted by molar-refractivity contribution is 4.77. The molecule has 0 bridgehead atoms. The molecule has 0 aliphatic rings. The van der Waals surface area contributed by atoms with Gasteiger partial charge in [-0.25, -0.2) is 0 Å². The third-order valence-corrected chi connectivity index (χ3v) is 3.97. The third kappa shape index (κ3) is 9.94. The standard InChI is InChI=1S/C17H37N/c1-6-8-10-12-14-17(3,16-18(4)5)15-13-11-9-7-2/h6-16H2,1-5H3. The first-order chi connectivity index (χ1) is 8.54. The third-order valence-electron chi connectivity index (χ3n) is 3.97. The second-order valence-corrected chi connectivity index (χ2v) is 6.67. The van der Waals surface area contributed by atoms with Crippen LogP contribution in [0.3, 0.4) is 0 Å². The van der Waals surface area contributed by atoms with Crippen molar-refractivity contribution in [3.8, 4) is 0 Å². The predicted octanol–water partition coefficient (Wildman–Crippen LogP) is 5.50. The van der Waals surface area contributed by atoms with Crippen LogP contribution in [0.5, 0.6) is 0 Å². The summed E-state index contributed by atoms with van der Waals surface area (Å²) in [4.78, 5) is 2.37. The number of hydrogen-bond acceptors (Lipinski definition) is 1. The van der Waals surface area contributed by atoms with Crippen molar-refractivity contribution < 1.29 is 0 Å². The monoisotopic (exact) mass is 255 g/mol. The van der Waals surface area contributed by atoms with Crippen molar-refractivity contribution in [3.05, 3.63) is 0 Å². The fourth-order valence-corrected chi connectivity index (χ4v) is 3.00. The van der Waals surface area contributed by atoms with Crippen molar-refractivity contribution in [2.75, 3.05) is 20.6 Å². The van der Waals surface area contributed by atoms with E-state index in [1.807, 2.05) is 0 Å². The maximum absolute atomic E-state index is 2.50. The molecule has 0 aromatic heterocycles. The Hall–Kier alpha value is -0.0400. The lowest BCUT2D eigenvalue weighted by Crippen LogP contribution is -2.31.